The summed E-state index contributed by atoms with van der Waals surface area (Å²) in [4.78, 5) is 27.8. The Morgan fingerprint density at radius 1 is 1.15 bits per heavy atom. The van der Waals surface area contributed by atoms with E-state index in [9.17, 15) is 14.7 Å². The van der Waals surface area contributed by atoms with E-state index < -0.39 is 17.7 Å². The second-order valence-corrected chi connectivity index (χ2v) is 8.38. The van der Waals surface area contributed by atoms with Gasteiger partial charge in [-0.15, -0.1) is 0 Å². The van der Waals surface area contributed by atoms with Gasteiger partial charge in [-0.25, -0.2) is 0 Å². The number of fused-ring (bicyclic) bond motifs is 1. The third-order valence-electron chi connectivity index (χ3n) is 6.18. The first-order valence-electron chi connectivity index (χ1n) is 11.2. The van der Waals surface area contributed by atoms with Gasteiger partial charge in [0, 0.05) is 37.8 Å². The highest BCUT2D eigenvalue weighted by Crippen LogP contribution is 2.46. The molecule has 4 rings (SSSR count). The number of para-hydroxylation sites is 1. The summed E-state index contributed by atoms with van der Waals surface area (Å²) in [6, 6.07) is 9.72. The molecule has 2 aromatic carbocycles. The van der Waals surface area contributed by atoms with Crippen molar-refractivity contribution in [1.82, 2.24) is 4.90 Å². The van der Waals surface area contributed by atoms with Crippen LogP contribution >= 0.6 is 0 Å². The second kappa shape index (κ2) is 9.77. The van der Waals surface area contributed by atoms with Gasteiger partial charge < -0.3 is 29.0 Å². The minimum Gasteiger partial charge on any atom is -0.507 e. The third-order valence-corrected chi connectivity index (χ3v) is 6.18. The molecule has 1 fully saturated rings. The molecule has 2 aromatic rings. The number of amides is 1. The van der Waals surface area contributed by atoms with Gasteiger partial charge in [-0.2, -0.15) is 0 Å². The van der Waals surface area contributed by atoms with E-state index in [0.29, 0.717) is 42.1 Å². The van der Waals surface area contributed by atoms with Crippen molar-refractivity contribution >= 4 is 17.4 Å². The number of methoxy groups -OCH3 is 3. The van der Waals surface area contributed by atoms with Gasteiger partial charge in [0.15, 0.2) is 11.5 Å². The number of aliphatic hydroxyl groups is 1. The van der Waals surface area contributed by atoms with Crippen LogP contribution in [-0.2, 0) is 20.7 Å². The number of ether oxygens (including phenoxy) is 4. The van der Waals surface area contributed by atoms with Crippen LogP contribution in [0.1, 0.15) is 36.1 Å². The first-order valence-corrected chi connectivity index (χ1v) is 11.2. The summed E-state index contributed by atoms with van der Waals surface area (Å²) in [5.74, 6) is -0.0256. The maximum Gasteiger partial charge on any atom is 0.295 e. The normalized spacial score (nSPS) is 20.9. The Bertz CT molecular complexity index is 1140. The van der Waals surface area contributed by atoms with Gasteiger partial charge in [0.05, 0.1) is 25.8 Å². The summed E-state index contributed by atoms with van der Waals surface area (Å²) >= 11 is 0. The number of nitrogens with zero attached hydrogens (tertiary/aromatic N) is 1. The predicted molar refractivity (Wildman–Crippen MR) is 125 cm³/mol. The van der Waals surface area contributed by atoms with E-state index >= 15 is 0 Å². The largest absolute Gasteiger partial charge is 0.507 e. The molecule has 2 aliphatic rings. The van der Waals surface area contributed by atoms with E-state index in [2.05, 4.69) is 0 Å². The summed E-state index contributed by atoms with van der Waals surface area (Å²) in [6.45, 7) is 2.67. The topological polar surface area (TPSA) is 94.5 Å². The zero-order valence-electron chi connectivity index (χ0n) is 19.8. The Morgan fingerprint density at radius 2 is 1.94 bits per heavy atom. The fraction of sp³-hybridized carbons (Fsp3) is 0.385. The molecule has 0 aliphatic carbocycles. The number of hydrogen-bond donors (Lipinski definition) is 1. The van der Waals surface area contributed by atoms with E-state index in [4.69, 9.17) is 18.9 Å². The smallest absolute Gasteiger partial charge is 0.295 e. The molecule has 8 heteroatoms. The number of benzene rings is 2. The Kier molecular flexibility index (Phi) is 6.79. The lowest BCUT2D eigenvalue weighted by Crippen LogP contribution is -2.31. The number of carbonyl (C=O) groups is 2. The second-order valence-electron chi connectivity index (χ2n) is 8.38. The first kappa shape index (κ1) is 23.6. The van der Waals surface area contributed by atoms with Crippen molar-refractivity contribution in [2.45, 2.75) is 31.9 Å². The van der Waals surface area contributed by atoms with Gasteiger partial charge in [-0.3, -0.25) is 9.59 Å². The Morgan fingerprint density at radius 3 is 2.65 bits per heavy atom. The van der Waals surface area contributed by atoms with Crippen molar-refractivity contribution in [3.05, 3.63) is 58.7 Å². The SMILES string of the molecule is COCCCN1C(=O)C(=O)C(=C(O)c2ccc3c(c2)CC(C)O3)C1c1cccc(OC)c1OC. The molecular weight excluding hydrogens is 438 g/mol. The molecule has 0 aromatic heterocycles. The fourth-order valence-corrected chi connectivity index (χ4v) is 4.67. The quantitative estimate of drug-likeness (QED) is 0.275. The highest BCUT2D eigenvalue weighted by molar-refractivity contribution is 6.46. The number of likely N-dealkylation sites (tertiary alicyclic amines) is 1. The first-order chi connectivity index (χ1) is 16.4. The molecule has 2 atom stereocenters. The summed E-state index contributed by atoms with van der Waals surface area (Å²) < 4.78 is 21.9. The van der Waals surface area contributed by atoms with Crippen LogP contribution in [0.4, 0.5) is 0 Å². The molecule has 2 aliphatic heterocycles. The maximum absolute atomic E-state index is 13.2. The Balaban J connectivity index is 1.87. The lowest BCUT2D eigenvalue weighted by Gasteiger charge is -2.27. The van der Waals surface area contributed by atoms with Gasteiger partial charge in [0.25, 0.3) is 11.7 Å². The molecule has 1 saturated heterocycles. The van der Waals surface area contributed by atoms with Crippen molar-refractivity contribution in [3.63, 3.8) is 0 Å². The van der Waals surface area contributed by atoms with Crippen LogP contribution in [0, 0.1) is 0 Å². The minimum atomic E-state index is -0.842. The van der Waals surface area contributed by atoms with E-state index in [-0.39, 0.29) is 24.0 Å². The zero-order valence-corrected chi connectivity index (χ0v) is 19.8. The van der Waals surface area contributed by atoms with Crippen molar-refractivity contribution in [1.29, 1.82) is 0 Å². The molecule has 34 heavy (non-hydrogen) atoms. The van der Waals surface area contributed by atoms with Crippen LogP contribution in [-0.4, -0.2) is 62.3 Å². The number of carbonyl (C=O) groups excluding carboxylic acids is 2. The van der Waals surface area contributed by atoms with E-state index in [0.717, 1.165) is 11.3 Å². The molecule has 2 heterocycles. The maximum atomic E-state index is 13.2. The number of rotatable bonds is 8. The van der Waals surface area contributed by atoms with Gasteiger partial charge in [0.1, 0.15) is 17.6 Å². The van der Waals surface area contributed by atoms with Crippen LogP contribution in [0.15, 0.2) is 42.0 Å². The number of ketones is 1. The van der Waals surface area contributed by atoms with Crippen molar-refractivity contribution in [2.24, 2.45) is 0 Å². The molecule has 180 valence electrons. The fourth-order valence-electron chi connectivity index (χ4n) is 4.67. The summed E-state index contributed by atoms with van der Waals surface area (Å²) in [5, 5.41) is 11.4. The molecule has 2 unspecified atom stereocenters. The zero-order chi connectivity index (χ0) is 24.4. The highest BCUT2D eigenvalue weighted by Gasteiger charge is 2.47. The lowest BCUT2D eigenvalue weighted by atomic mass is 9.93. The number of hydrogen-bond acceptors (Lipinski definition) is 7. The van der Waals surface area contributed by atoms with Crippen molar-refractivity contribution in [3.8, 4) is 17.2 Å². The molecule has 0 saturated carbocycles. The van der Waals surface area contributed by atoms with Gasteiger partial charge in [-0.1, -0.05) is 12.1 Å². The van der Waals surface area contributed by atoms with E-state index in [1.165, 1.54) is 19.1 Å². The molecule has 0 bridgehead atoms. The van der Waals surface area contributed by atoms with E-state index in [1.807, 2.05) is 13.0 Å². The molecule has 0 spiro atoms. The molecular formula is C26H29NO7. The van der Waals surface area contributed by atoms with Gasteiger partial charge in [-0.05, 0) is 43.2 Å². The summed E-state index contributed by atoms with van der Waals surface area (Å²) in [7, 11) is 4.60. The predicted octanol–water partition coefficient (Wildman–Crippen LogP) is 3.49. The van der Waals surface area contributed by atoms with E-state index in [1.54, 1.807) is 37.4 Å². The van der Waals surface area contributed by atoms with Crippen LogP contribution in [0.5, 0.6) is 17.2 Å². The monoisotopic (exact) mass is 467 g/mol. The Hall–Kier alpha value is -3.52. The summed E-state index contributed by atoms with van der Waals surface area (Å²) in [5.41, 5.74) is 1.97. The number of Topliss-reactive ketones (excluding diaryl/α,β-unsaturated/α-hetero) is 1. The molecule has 0 radical (unpaired) electrons. The highest BCUT2D eigenvalue weighted by atomic mass is 16.5. The average Bonchev–Trinajstić information content (AvgIpc) is 3.33. The van der Waals surface area contributed by atoms with Crippen LogP contribution < -0.4 is 14.2 Å². The third kappa shape index (κ3) is 4.09. The average molecular weight is 468 g/mol. The number of aliphatic hydroxyl groups excluding tert-OH is 1. The standard InChI is InChI=1S/C26H29NO7/c1-15-13-17-14-16(9-10-19(17)34-15)23(28)21-22(18-7-5-8-20(32-3)25(18)33-4)27(11-6-12-31-2)26(30)24(21)29/h5,7-10,14-15,22,28H,6,11-13H2,1-4H3. The van der Waals surface area contributed by atoms with Crippen molar-refractivity contribution in [2.75, 3.05) is 34.5 Å². The van der Waals surface area contributed by atoms with Gasteiger partial charge in [0.2, 0.25) is 0 Å². The molecule has 1 amide bonds. The van der Waals surface area contributed by atoms with Crippen LogP contribution in [0.25, 0.3) is 5.76 Å². The summed E-state index contributed by atoms with van der Waals surface area (Å²) in [6.07, 6.45) is 1.27. The lowest BCUT2D eigenvalue weighted by molar-refractivity contribution is -0.140. The molecule has 1 N–H and O–H groups in total. The van der Waals surface area contributed by atoms with Crippen molar-refractivity contribution < 1.29 is 33.6 Å². The molecule has 8 nitrogen and oxygen atoms in total. The van der Waals surface area contributed by atoms with Gasteiger partial charge >= 0.3 is 0 Å². The van der Waals surface area contributed by atoms with Crippen LogP contribution in [0.3, 0.4) is 0 Å². The Labute approximate surface area is 198 Å². The van der Waals surface area contributed by atoms with Crippen LogP contribution in [0.2, 0.25) is 0 Å². The minimum absolute atomic E-state index is 0.0147.